The van der Waals surface area contributed by atoms with E-state index in [4.69, 9.17) is 10.5 Å². The molecule has 1 aliphatic carbocycles. The Morgan fingerprint density at radius 2 is 1.89 bits per heavy atom. The molecule has 3 N–H and O–H groups in total. The molecule has 1 aliphatic rings. The van der Waals surface area contributed by atoms with Gasteiger partial charge in [-0.3, -0.25) is 4.79 Å². The van der Waals surface area contributed by atoms with Crippen molar-refractivity contribution in [3.05, 3.63) is 29.8 Å². The minimum absolute atomic E-state index is 0.305. The zero-order valence-corrected chi connectivity index (χ0v) is 11.8. The lowest BCUT2D eigenvalue weighted by Gasteiger charge is -2.40. The lowest BCUT2D eigenvalue weighted by atomic mass is 9.75. The first-order valence-electron chi connectivity index (χ1n) is 6.64. The van der Waals surface area contributed by atoms with Gasteiger partial charge in [-0.2, -0.15) is 0 Å². The van der Waals surface area contributed by atoms with E-state index in [1.807, 2.05) is 26.0 Å². The third-order valence-electron chi connectivity index (χ3n) is 3.91. The van der Waals surface area contributed by atoms with Gasteiger partial charge in [-0.1, -0.05) is 12.1 Å². The summed E-state index contributed by atoms with van der Waals surface area (Å²) in [6, 6.07) is 8.57. The number of carbonyl (C=O) groups is 1. The van der Waals surface area contributed by atoms with Gasteiger partial charge in [0.1, 0.15) is 5.75 Å². The fraction of sp³-hybridized carbons (Fsp3) is 0.533. The molecule has 1 fully saturated rings. The molecule has 4 heteroatoms. The van der Waals surface area contributed by atoms with Crippen LogP contribution in [0.3, 0.4) is 0 Å². The molecule has 1 aromatic carbocycles. The normalized spacial score (nSPS) is 22.7. The minimum atomic E-state index is -0.629. The van der Waals surface area contributed by atoms with Crippen LogP contribution in [0.25, 0.3) is 0 Å². The average Bonchev–Trinajstić information content (AvgIpc) is 2.33. The van der Waals surface area contributed by atoms with Gasteiger partial charge in [0, 0.05) is 6.04 Å². The van der Waals surface area contributed by atoms with E-state index >= 15 is 0 Å². The molecular weight excluding hydrogens is 240 g/mol. The van der Waals surface area contributed by atoms with Crippen molar-refractivity contribution in [1.82, 2.24) is 5.32 Å². The minimum Gasteiger partial charge on any atom is -0.497 e. The van der Waals surface area contributed by atoms with E-state index in [2.05, 4.69) is 17.4 Å². The second-order valence-electron chi connectivity index (χ2n) is 5.77. The van der Waals surface area contributed by atoms with Crippen molar-refractivity contribution >= 4 is 5.91 Å². The summed E-state index contributed by atoms with van der Waals surface area (Å²) in [5, 5.41) is 3.32. The first-order chi connectivity index (χ1) is 8.92. The van der Waals surface area contributed by atoms with Gasteiger partial charge in [-0.05, 0) is 50.3 Å². The van der Waals surface area contributed by atoms with Gasteiger partial charge in [0.2, 0.25) is 5.91 Å². The summed E-state index contributed by atoms with van der Waals surface area (Å²) in [5.41, 5.74) is 6.06. The van der Waals surface area contributed by atoms with E-state index in [9.17, 15) is 4.79 Å². The lowest BCUT2D eigenvalue weighted by molar-refractivity contribution is -0.123. The Labute approximate surface area is 114 Å². The third kappa shape index (κ3) is 3.07. The number of ether oxygens (including phenoxy) is 1. The van der Waals surface area contributed by atoms with Gasteiger partial charge in [0.15, 0.2) is 0 Å². The number of nitrogens with one attached hydrogen (secondary N) is 1. The molecule has 0 unspecified atom stereocenters. The predicted octanol–water partition coefficient (Wildman–Crippen LogP) is 1.79. The lowest BCUT2D eigenvalue weighted by Crippen LogP contribution is -2.57. The molecular formula is C15H22N2O2. The van der Waals surface area contributed by atoms with Crippen LogP contribution in [-0.2, 0) is 4.79 Å². The number of carbonyl (C=O) groups excluding carboxylic acids is 1. The van der Waals surface area contributed by atoms with E-state index in [1.165, 1.54) is 5.56 Å². The maximum absolute atomic E-state index is 11.3. The van der Waals surface area contributed by atoms with Crippen molar-refractivity contribution in [3.8, 4) is 5.75 Å². The van der Waals surface area contributed by atoms with Crippen molar-refractivity contribution in [3.63, 3.8) is 0 Å². The van der Waals surface area contributed by atoms with Crippen molar-refractivity contribution < 1.29 is 9.53 Å². The Bertz CT molecular complexity index is 448. The molecule has 0 saturated heterocycles. The summed E-state index contributed by atoms with van der Waals surface area (Å²) in [5.74, 6) is 1.14. The average molecular weight is 262 g/mol. The van der Waals surface area contributed by atoms with Crippen LogP contribution in [-0.4, -0.2) is 24.6 Å². The Morgan fingerprint density at radius 3 is 2.37 bits per heavy atom. The maximum Gasteiger partial charge on any atom is 0.237 e. The molecule has 0 heterocycles. The Morgan fingerprint density at radius 1 is 1.32 bits per heavy atom. The summed E-state index contributed by atoms with van der Waals surface area (Å²) in [6.45, 7) is 3.66. The van der Waals surface area contributed by atoms with Crippen LogP contribution in [0.15, 0.2) is 24.3 Å². The van der Waals surface area contributed by atoms with Gasteiger partial charge in [-0.15, -0.1) is 0 Å². The van der Waals surface area contributed by atoms with Crippen molar-refractivity contribution in [1.29, 1.82) is 0 Å². The summed E-state index contributed by atoms with van der Waals surface area (Å²) < 4.78 is 5.15. The summed E-state index contributed by atoms with van der Waals surface area (Å²) in [4.78, 5) is 11.3. The van der Waals surface area contributed by atoms with Crippen LogP contribution < -0.4 is 15.8 Å². The molecule has 0 spiro atoms. The first kappa shape index (κ1) is 13.9. The highest BCUT2D eigenvalue weighted by molar-refractivity contribution is 5.83. The van der Waals surface area contributed by atoms with E-state index in [0.29, 0.717) is 12.0 Å². The van der Waals surface area contributed by atoms with Crippen LogP contribution in [0.2, 0.25) is 0 Å². The number of hydrogen-bond donors (Lipinski definition) is 2. The molecule has 0 bridgehead atoms. The van der Waals surface area contributed by atoms with Crippen molar-refractivity contribution in [2.24, 2.45) is 5.73 Å². The largest absolute Gasteiger partial charge is 0.497 e. The van der Waals surface area contributed by atoms with E-state index in [-0.39, 0.29) is 5.91 Å². The summed E-state index contributed by atoms with van der Waals surface area (Å²) in [7, 11) is 1.67. The molecule has 1 aromatic rings. The van der Waals surface area contributed by atoms with Crippen LogP contribution in [0.1, 0.15) is 38.2 Å². The van der Waals surface area contributed by atoms with E-state index in [1.54, 1.807) is 7.11 Å². The summed E-state index contributed by atoms with van der Waals surface area (Å²) in [6.07, 6.45) is 2.09. The van der Waals surface area contributed by atoms with Crippen LogP contribution in [0, 0.1) is 0 Å². The molecule has 0 aromatic heterocycles. The second kappa shape index (κ2) is 5.21. The standard InChI is InChI=1S/C15H22N2O2/c1-15(2,14(16)18)17-12-8-11(9-12)10-4-6-13(19-3)7-5-10/h4-7,11-12,17H,8-9H2,1-3H3,(H2,16,18). The zero-order chi connectivity index (χ0) is 14.0. The SMILES string of the molecule is COc1ccc(C2CC(NC(C)(C)C(N)=O)C2)cc1. The molecule has 0 aliphatic heterocycles. The highest BCUT2D eigenvalue weighted by Gasteiger charge is 2.36. The molecule has 1 saturated carbocycles. The number of hydrogen-bond acceptors (Lipinski definition) is 3. The van der Waals surface area contributed by atoms with Crippen LogP contribution in [0.5, 0.6) is 5.75 Å². The molecule has 2 rings (SSSR count). The number of nitrogens with two attached hydrogens (primary N) is 1. The molecule has 4 nitrogen and oxygen atoms in total. The number of methoxy groups -OCH3 is 1. The fourth-order valence-corrected chi connectivity index (χ4v) is 2.47. The fourth-order valence-electron chi connectivity index (χ4n) is 2.47. The number of benzene rings is 1. The second-order valence-corrected chi connectivity index (χ2v) is 5.77. The van der Waals surface area contributed by atoms with Crippen molar-refractivity contribution in [2.75, 3.05) is 7.11 Å². The monoisotopic (exact) mass is 262 g/mol. The zero-order valence-electron chi connectivity index (χ0n) is 11.8. The third-order valence-corrected chi connectivity index (χ3v) is 3.91. The molecule has 1 amide bonds. The van der Waals surface area contributed by atoms with E-state index in [0.717, 1.165) is 18.6 Å². The summed E-state index contributed by atoms with van der Waals surface area (Å²) >= 11 is 0. The number of primary amides is 1. The molecule has 104 valence electrons. The Hall–Kier alpha value is -1.55. The number of amides is 1. The quantitative estimate of drug-likeness (QED) is 0.850. The highest BCUT2D eigenvalue weighted by atomic mass is 16.5. The van der Waals surface area contributed by atoms with Gasteiger partial charge in [-0.25, -0.2) is 0 Å². The van der Waals surface area contributed by atoms with Crippen molar-refractivity contribution in [2.45, 2.75) is 44.2 Å². The molecule has 0 radical (unpaired) electrons. The number of rotatable bonds is 5. The Balaban J connectivity index is 1.87. The predicted molar refractivity (Wildman–Crippen MR) is 75.2 cm³/mol. The topological polar surface area (TPSA) is 64.3 Å². The van der Waals surface area contributed by atoms with Gasteiger partial charge >= 0.3 is 0 Å². The molecule has 0 atom stereocenters. The highest BCUT2D eigenvalue weighted by Crippen LogP contribution is 2.38. The van der Waals surface area contributed by atoms with Gasteiger partial charge in [0.25, 0.3) is 0 Å². The van der Waals surface area contributed by atoms with Crippen LogP contribution >= 0.6 is 0 Å². The molecule has 19 heavy (non-hydrogen) atoms. The van der Waals surface area contributed by atoms with Gasteiger partial charge < -0.3 is 15.8 Å². The maximum atomic E-state index is 11.3. The first-order valence-corrected chi connectivity index (χ1v) is 6.64. The Kier molecular flexibility index (Phi) is 3.80. The van der Waals surface area contributed by atoms with Gasteiger partial charge in [0.05, 0.1) is 12.6 Å². The smallest absolute Gasteiger partial charge is 0.237 e. The van der Waals surface area contributed by atoms with E-state index < -0.39 is 5.54 Å². The van der Waals surface area contributed by atoms with Crippen LogP contribution in [0.4, 0.5) is 0 Å².